The summed E-state index contributed by atoms with van der Waals surface area (Å²) in [5, 5.41) is 10.5. The molecule has 0 radical (unpaired) electrons. The van der Waals surface area contributed by atoms with Crippen LogP contribution >= 0.6 is 11.3 Å². The monoisotopic (exact) mass is 299 g/mol. The Morgan fingerprint density at radius 3 is 2.62 bits per heavy atom. The van der Waals surface area contributed by atoms with Gasteiger partial charge in [0, 0.05) is 5.56 Å². The first kappa shape index (κ1) is 14.0. The van der Waals surface area contributed by atoms with E-state index in [9.17, 15) is 5.11 Å². The molecule has 0 spiro atoms. The molecule has 1 N–H and O–H groups in total. The molecule has 0 fully saturated rings. The van der Waals surface area contributed by atoms with Gasteiger partial charge in [-0.3, -0.25) is 0 Å². The minimum atomic E-state index is -0.408. The topological polar surface area (TPSA) is 42.4 Å². The SMILES string of the molecule is CCC(O)COc1ccc(-c2nc3ccccc3s2)cc1. The molecule has 21 heavy (non-hydrogen) atoms. The van der Waals surface area contributed by atoms with Gasteiger partial charge >= 0.3 is 0 Å². The van der Waals surface area contributed by atoms with Crippen LogP contribution in [0.15, 0.2) is 48.5 Å². The summed E-state index contributed by atoms with van der Waals surface area (Å²) in [4.78, 5) is 4.64. The molecule has 0 amide bonds. The molecule has 3 nitrogen and oxygen atoms in total. The van der Waals surface area contributed by atoms with Crippen LogP contribution in [0, 0.1) is 0 Å². The number of para-hydroxylation sites is 1. The molecule has 0 aliphatic carbocycles. The number of benzene rings is 2. The Labute approximate surface area is 127 Å². The second-order valence-corrected chi connectivity index (χ2v) is 5.91. The Kier molecular flexibility index (Phi) is 4.18. The summed E-state index contributed by atoms with van der Waals surface area (Å²) < 4.78 is 6.73. The lowest BCUT2D eigenvalue weighted by atomic mass is 10.2. The molecule has 0 saturated carbocycles. The van der Waals surface area contributed by atoms with Gasteiger partial charge in [0.1, 0.15) is 17.4 Å². The van der Waals surface area contributed by atoms with Crippen LogP contribution in [0.4, 0.5) is 0 Å². The van der Waals surface area contributed by atoms with Gasteiger partial charge in [0.05, 0.1) is 16.3 Å². The van der Waals surface area contributed by atoms with E-state index in [0.29, 0.717) is 13.0 Å². The number of nitrogens with zero attached hydrogens (tertiary/aromatic N) is 1. The standard InChI is InChI=1S/C17H17NO2S/c1-2-13(19)11-20-14-9-7-12(8-10-14)17-18-15-5-3-4-6-16(15)21-17/h3-10,13,19H,2,11H2,1H3. The maximum atomic E-state index is 9.50. The van der Waals surface area contributed by atoms with Gasteiger partial charge in [-0.25, -0.2) is 4.98 Å². The number of hydrogen-bond donors (Lipinski definition) is 1. The second-order valence-electron chi connectivity index (χ2n) is 4.88. The fourth-order valence-electron chi connectivity index (χ4n) is 2.00. The Morgan fingerprint density at radius 1 is 1.14 bits per heavy atom. The number of rotatable bonds is 5. The summed E-state index contributed by atoms with van der Waals surface area (Å²) in [7, 11) is 0. The van der Waals surface area contributed by atoms with E-state index in [0.717, 1.165) is 21.8 Å². The third kappa shape index (κ3) is 3.23. The molecule has 1 unspecified atom stereocenters. The van der Waals surface area contributed by atoms with E-state index in [1.54, 1.807) is 11.3 Å². The predicted octanol–water partition coefficient (Wildman–Crippen LogP) is 4.11. The van der Waals surface area contributed by atoms with Crippen molar-refractivity contribution >= 4 is 21.6 Å². The molecule has 2 aromatic carbocycles. The van der Waals surface area contributed by atoms with Gasteiger partial charge < -0.3 is 9.84 Å². The highest BCUT2D eigenvalue weighted by Gasteiger charge is 2.06. The minimum absolute atomic E-state index is 0.330. The van der Waals surface area contributed by atoms with Crippen LogP contribution < -0.4 is 4.74 Å². The van der Waals surface area contributed by atoms with E-state index >= 15 is 0 Å². The summed E-state index contributed by atoms with van der Waals surface area (Å²) in [5.74, 6) is 0.771. The number of hydrogen-bond acceptors (Lipinski definition) is 4. The highest BCUT2D eigenvalue weighted by atomic mass is 32.1. The first-order chi connectivity index (χ1) is 10.3. The third-order valence-corrected chi connectivity index (χ3v) is 4.39. The van der Waals surface area contributed by atoms with Crippen molar-refractivity contribution in [3.05, 3.63) is 48.5 Å². The zero-order chi connectivity index (χ0) is 14.7. The Morgan fingerprint density at radius 2 is 1.90 bits per heavy atom. The average Bonchev–Trinajstić information content (AvgIpc) is 2.97. The van der Waals surface area contributed by atoms with Crippen LogP contribution in [0.5, 0.6) is 5.75 Å². The van der Waals surface area contributed by atoms with Crippen molar-refractivity contribution in [2.45, 2.75) is 19.4 Å². The van der Waals surface area contributed by atoms with Gasteiger partial charge in [0.2, 0.25) is 0 Å². The van der Waals surface area contributed by atoms with Crippen LogP contribution in [0.1, 0.15) is 13.3 Å². The number of ether oxygens (including phenoxy) is 1. The quantitative estimate of drug-likeness (QED) is 0.771. The van der Waals surface area contributed by atoms with E-state index < -0.39 is 6.10 Å². The molecular weight excluding hydrogens is 282 g/mol. The summed E-state index contributed by atoms with van der Waals surface area (Å²) in [6.07, 6.45) is 0.290. The molecule has 1 heterocycles. The Hall–Kier alpha value is -1.91. The van der Waals surface area contributed by atoms with E-state index in [2.05, 4.69) is 11.1 Å². The second kappa shape index (κ2) is 6.24. The smallest absolute Gasteiger partial charge is 0.124 e. The zero-order valence-electron chi connectivity index (χ0n) is 11.8. The van der Waals surface area contributed by atoms with Gasteiger partial charge in [-0.1, -0.05) is 19.1 Å². The summed E-state index contributed by atoms with van der Waals surface area (Å²) in [5.41, 5.74) is 2.11. The molecule has 1 aromatic heterocycles. The molecular formula is C17H17NO2S. The molecule has 3 aromatic rings. The number of thiazole rings is 1. The van der Waals surface area contributed by atoms with Gasteiger partial charge in [0.25, 0.3) is 0 Å². The highest BCUT2D eigenvalue weighted by molar-refractivity contribution is 7.21. The van der Waals surface area contributed by atoms with Crippen molar-refractivity contribution in [2.75, 3.05) is 6.61 Å². The lowest BCUT2D eigenvalue weighted by molar-refractivity contribution is 0.104. The number of aliphatic hydroxyl groups excluding tert-OH is 1. The van der Waals surface area contributed by atoms with Crippen molar-refractivity contribution in [1.82, 2.24) is 4.98 Å². The van der Waals surface area contributed by atoms with Gasteiger partial charge in [-0.05, 0) is 42.8 Å². The molecule has 4 heteroatoms. The van der Waals surface area contributed by atoms with Crippen LogP contribution in [0.2, 0.25) is 0 Å². The number of aromatic nitrogens is 1. The number of aliphatic hydroxyl groups is 1. The lowest BCUT2D eigenvalue weighted by Crippen LogP contribution is -2.15. The molecule has 0 aliphatic heterocycles. The highest BCUT2D eigenvalue weighted by Crippen LogP contribution is 2.30. The zero-order valence-corrected chi connectivity index (χ0v) is 12.6. The van der Waals surface area contributed by atoms with Gasteiger partial charge in [-0.2, -0.15) is 0 Å². The average molecular weight is 299 g/mol. The van der Waals surface area contributed by atoms with Crippen molar-refractivity contribution in [2.24, 2.45) is 0 Å². The lowest BCUT2D eigenvalue weighted by Gasteiger charge is -2.10. The van der Waals surface area contributed by atoms with Crippen molar-refractivity contribution in [1.29, 1.82) is 0 Å². The molecule has 3 rings (SSSR count). The van der Waals surface area contributed by atoms with Crippen LogP contribution in [-0.4, -0.2) is 22.8 Å². The summed E-state index contributed by atoms with van der Waals surface area (Å²) in [6, 6.07) is 16.0. The van der Waals surface area contributed by atoms with E-state index in [-0.39, 0.29) is 0 Å². The van der Waals surface area contributed by atoms with Crippen LogP contribution in [-0.2, 0) is 0 Å². The Balaban J connectivity index is 1.77. The maximum Gasteiger partial charge on any atom is 0.124 e. The summed E-state index contributed by atoms with van der Waals surface area (Å²) in [6.45, 7) is 2.27. The minimum Gasteiger partial charge on any atom is -0.491 e. The largest absolute Gasteiger partial charge is 0.491 e. The van der Waals surface area contributed by atoms with Crippen LogP contribution in [0.3, 0.4) is 0 Å². The predicted molar refractivity (Wildman–Crippen MR) is 86.8 cm³/mol. The molecule has 1 atom stereocenters. The Bertz CT molecular complexity index is 688. The normalized spacial score (nSPS) is 12.5. The van der Waals surface area contributed by atoms with Crippen molar-refractivity contribution in [3.8, 4) is 16.3 Å². The van der Waals surface area contributed by atoms with Crippen molar-refractivity contribution in [3.63, 3.8) is 0 Å². The fraction of sp³-hybridized carbons (Fsp3) is 0.235. The third-order valence-electron chi connectivity index (χ3n) is 3.31. The summed E-state index contributed by atoms with van der Waals surface area (Å²) >= 11 is 1.69. The van der Waals surface area contributed by atoms with Gasteiger partial charge in [0.15, 0.2) is 0 Å². The first-order valence-corrected chi connectivity index (χ1v) is 7.85. The first-order valence-electron chi connectivity index (χ1n) is 7.03. The van der Waals surface area contributed by atoms with Crippen molar-refractivity contribution < 1.29 is 9.84 Å². The van der Waals surface area contributed by atoms with Gasteiger partial charge in [-0.15, -0.1) is 11.3 Å². The van der Waals surface area contributed by atoms with E-state index in [1.165, 1.54) is 4.70 Å². The molecule has 0 bridgehead atoms. The number of fused-ring (bicyclic) bond motifs is 1. The van der Waals surface area contributed by atoms with E-state index in [4.69, 9.17) is 4.74 Å². The molecule has 108 valence electrons. The molecule has 0 saturated heterocycles. The maximum absolute atomic E-state index is 9.50. The van der Waals surface area contributed by atoms with Crippen LogP contribution in [0.25, 0.3) is 20.8 Å². The fourth-order valence-corrected chi connectivity index (χ4v) is 2.97. The molecule has 0 aliphatic rings. The van der Waals surface area contributed by atoms with E-state index in [1.807, 2.05) is 49.4 Å².